The minimum absolute atomic E-state index is 0.181. The molecule has 1 aliphatic heterocycles. The zero-order valence-corrected chi connectivity index (χ0v) is 19.0. The van der Waals surface area contributed by atoms with E-state index in [2.05, 4.69) is 5.32 Å². The van der Waals surface area contributed by atoms with Gasteiger partial charge in [0.1, 0.15) is 5.75 Å². The van der Waals surface area contributed by atoms with E-state index in [0.717, 1.165) is 15.6 Å². The molecule has 0 aliphatic carbocycles. The van der Waals surface area contributed by atoms with Gasteiger partial charge < -0.3 is 19.5 Å². The van der Waals surface area contributed by atoms with Gasteiger partial charge in [-0.1, -0.05) is 12.1 Å². The number of methoxy groups -OCH3 is 2. The highest BCUT2D eigenvalue weighted by molar-refractivity contribution is 7.97. The van der Waals surface area contributed by atoms with Crippen molar-refractivity contribution in [1.29, 1.82) is 0 Å². The average Bonchev–Trinajstić information content (AvgIpc) is 2.76. The summed E-state index contributed by atoms with van der Waals surface area (Å²) in [5.74, 6) is 0.911. The van der Waals surface area contributed by atoms with E-state index in [1.54, 1.807) is 31.2 Å². The molecule has 1 aliphatic rings. The molecule has 31 heavy (non-hydrogen) atoms. The Labute approximate surface area is 182 Å². The lowest BCUT2D eigenvalue weighted by molar-refractivity contribution is -0.117. The number of anilines is 1. The van der Waals surface area contributed by atoms with Crippen LogP contribution < -0.4 is 23.8 Å². The lowest BCUT2D eigenvalue weighted by Gasteiger charge is -2.30. The van der Waals surface area contributed by atoms with Gasteiger partial charge >= 0.3 is 0 Å². The van der Waals surface area contributed by atoms with Crippen molar-refractivity contribution in [3.05, 3.63) is 52.4 Å². The summed E-state index contributed by atoms with van der Waals surface area (Å²) in [4.78, 5) is 12.7. The third kappa shape index (κ3) is 4.18. The van der Waals surface area contributed by atoms with Crippen LogP contribution in [-0.4, -0.2) is 42.2 Å². The zero-order valence-electron chi connectivity index (χ0n) is 18.2. The summed E-state index contributed by atoms with van der Waals surface area (Å²) in [5.41, 5.74) is 2.17. The Morgan fingerprint density at radius 1 is 1.06 bits per heavy atom. The summed E-state index contributed by atoms with van der Waals surface area (Å²) in [6.45, 7) is 4.25. The molecule has 8 nitrogen and oxygen atoms in total. The lowest BCUT2D eigenvalue weighted by Crippen LogP contribution is -2.38. The van der Waals surface area contributed by atoms with Gasteiger partial charge in [-0.3, -0.25) is 9.10 Å². The molecule has 0 radical (unpaired) electrons. The van der Waals surface area contributed by atoms with Gasteiger partial charge in [-0.05, 0) is 43.2 Å². The van der Waals surface area contributed by atoms with Crippen molar-refractivity contribution in [1.82, 2.24) is 5.32 Å². The number of carbonyl (C=O) groups excluding carboxylic acids is 1. The van der Waals surface area contributed by atoms with Gasteiger partial charge in [0, 0.05) is 25.2 Å². The van der Waals surface area contributed by atoms with E-state index in [0.29, 0.717) is 34.9 Å². The molecule has 0 saturated heterocycles. The lowest BCUT2D eigenvalue weighted by atomic mass is 10.0. The second-order valence-electron chi connectivity index (χ2n) is 6.91. The Kier molecular flexibility index (Phi) is 6.45. The van der Waals surface area contributed by atoms with E-state index < -0.39 is 15.9 Å². The van der Waals surface area contributed by atoms with E-state index in [9.17, 15) is 13.2 Å². The van der Waals surface area contributed by atoms with Gasteiger partial charge in [0.25, 0.3) is 15.9 Å². The Bertz CT molecular complexity index is 1120. The molecule has 0 bridgehead atoms. The Hall–Kier alpha value is -3.20. The third-order valence-electron chi connectivity index (χ3n) is 5.10. The Balaban J connectivity index is 1.94. The molecule has 166 valence electrons. The second kappa shape index (κ2) is 8.89. The molecule has 2 aromatic carbocycles. The van der Waals surface area contributed by atoms with Crippen molar-refractivity contribution in [3.8, 4) is 17.2 Å². The molecule has 0 atom stereocenters. The predicted octanol–water partition coefficient (Wildman–Crippen LogP) is 2.93. The fraction of sp³-hybridized carbons (Fsp3) is 0.318. The molecule has 0 aromatic heterocycles. The first-order valence-electron chi connectivity index (χ1n) is 9.70. The molecule has 0 fully saturated rings. The van der Waals surface area contributed by atoms with Crippen LogP contribution in [-0.2, 0) is 21.4 Å². The van der Waals surface area contributed by atoms with Gasteiger partial charge in [0.15, 0.2) is 16.4 Å². The van der Waals surface area contributed by atoms with Crippen LogP contribution in [0.15, 0.2) is 41.3 Å². The van der Waals surface area contributed by atoms with E-state index in [-0.39, 0.29) is 11.4 Å². The Morgan fingerprint density at radius 3 is 2.26 bits per heavy atom. The standard InChI is InChI=1S/C22H26N2O6S/c1-6-30-16-9-7-15(8-10-16)13-23-22(25)21-14(2)17-11-19(28-4)20(29-5)12-18(17)24(3)31(21,26)27/h7-12H,6,13H2,1-5H3,(H,23,25). The largest absolute Gasteiger partial charge is 0.494 e. The minimum Gasteiger partial charge on any atom is -0.494 e. The highest BCUT2D eigenvalue weighted by Gasteiger charge is 2.38. The maximum atomic E-state index is 13.1. The Morgan fingerprint density at radius 2 is 1.68 bits per heavy atom. The van der Waals surface area contributed by atoms with Crippen molar-refractivity contribution >= 4 is 27.2 Å². The maximum Gasteiger partial charge on any atom is 0.269 e. The first-order valence-corrected chi connectivity index (χ1v) is 11.1. The van der Waals surface area contributed by atoms with Crippen LogP contribution >= 0.6 is 0 Å². The van der Waals surface area contributed by atoms with Crippen LogP contribution in [0.4, 0.5) is 5.69 Å². The summed E-state index contributed by atoms with van der Waals surface area (Å²) in [7, 11) is 0.340. The van der Waals surface area contributed by atoms with Crippen molar-refractivity contribution in [2.45, 2.75) is 20.4 Å². The van der Waals surface area contributed by atoms with Crippen LogP contribution in [0.3, 0.4) is 0 Å². The first kappa shape index (κ1) is 22.5. The summed E-state index contributed by atoms with van der Waals surface area (Å²) >= 11 is 0. The highest BCUT2D eigenvalue weighted by atomic mass is 32.2. The number of rotatable bonds is 7. The average molecular weight is 447 g/mol. The summed E-state index contributed by atoms with van der Waals surface area (Å²) in [6.07, 6.45) is 0. The number of ether oxygens (including phenoxy) is 3. The number of allylic oxidation sites excluding steroid dienone is 1. The molecular weight excluding hydrogens is 420 g/mol. The van der Waals surface area contributed by atoms with Crippen LogP contribution in [0.5, 0.6) is 17.2 Å². The molecule has 0 spiro atoms. The van der Waals surface area contributed by atoms with Crippen molar-refractivity contribution in [3.63, 3.8) is 0 Å². The quantitative estimate of drug-likeness (QED) is 0.703. The SMILES string of the molecule is CCOc1ccc(CNC(=O)C2=C(C)c3cc(OC)c(OC)cc3N(C)S2(=O)=O)cc1. The summed E-state index contributed by atoms with van der Waals surface area (Å²) < 4.78 is 43.4. The number of amides is 1. The van der Waals surface area contributed by atoms with Gasteiger partial charge in [0.2, 0.25) is 0 Å². The van der Waals surface area contributed by atoms with Crippen LogP contribution in [0.1, 0.15) is 25.0 Å². The zero-order chi connectivity index (χ0) is 22.8. The van der Waals surface area contributed by atoms with Crippen LogP contribution in [0.25, 0.3) is 5.57 Å². The van der Waals surface area contributed by atoms with Crippen molar-refractivity contribution in [2.75, 3.05) is 32.2 Å². The molecule has 0 saturated carbocycles. The van der Waals surface area contributed by atoms with Gasteiger partial charge in [-0.2, -0.15) is 0 Å². The molecule has 9 heteroatoms. The van der Waals surface area contributed by atoms with Crippen molar-refractivity contribution in [2.24, 2.45) is 0 Å². The van der Waals surface area contributed by atoms with Gasteiger partial charge in [0.05, 0.1) is 26.5 Å². The van der Waals surface area contributed by atoms with Crippen molar-refractivity contribution < 1.29 is 27.4 Å². The molecule has 3 rings (SSSR count). The minimum atomic E-state index is -4.04. The monoisotopic (exact) mass is 446 g/mol. The van der Waals surface area contributed by atoms with E-state index in [1.807, 2.05) is 19.1 Å². The first-order chi connectivity index (χ1) is 14.7. The number of nitrogens with zero attached hydrogens (tertiary/aromatic N) is 1. The maximum absolute atomic E-state index is 13.1. The van der Waals surface area contributed by atoms with Crippen LogP contribution in [0.2, 0.25) is 0 Å². The van der Waals surface area contributed by atoms with E-state index >= 15 is 0 Å². The molecular formula is C22H26N2O6S. The fourth-order valence-electron chi connectivity index (χ4n) is 3.43. The number of carbonyl (C=O) groups is 1. The third-order valence-corrected chi connectivity index (χ3v) is 7.02. The number of fused-ring (bicyclic) bond motifs is 1. The molecule has 1 N–H and O–H groups in total. The topological polar surface area (TPSA) is 94.2 Å². The number of hydrogen-bond donors (Lipinski definition) is 1. The molecule has 1 amide bonds. The molecule has 1 heterocycles. The number of nitrogens with one attached hydrogen (secondary N) is 1. The fourth-order valence-corrected chi connectivity index (χ4v) is 4.92. The normalized spacial score (nSPS) is 14.7. The highest BCUT2D eigenvalue weighted by Crippen LogP contribution is 2.44. The molecule has 2 aromatic rings. The predicted molar refractivity (Wildman–Crippen MR) is 119 cm³/mol. The van der Waals surface area contributed by atoms with E-state index in [1.165, 1.54) is 21.3 Å². The number of hydrogen-bond acceptors (Lipinski definition) is 6. The van der Waals surface area contributed by atoms with Gasteiger partial charge in [-0.25, -0.2) is 8.42 Å². The van der Waals surface area contributed by atoms with Gasteiger partial charge in [-0.15, -0.1) is 0 Å². The number of sulfonamides is 1. The summed E-state index contributed by atoms with van der Waals surface area (Å²) in [5, 5.41) is 2.71. The molecule has 0 unspecified atom stereocenters. The number of benzene rings is 2. The second-order valence-corrected chi connectivity index (χ2v) is 8.82. The smallest absolute Gasteiger partial charge is 0.269 e. The van der Waals surface area contributed by atoms with E-state index in [4.69, 9.17) is 14.2 Å². The summed E-state index contributed by atoms with van der Waals surface area (Å²) in [6, 6.07) is 10.5. The van der Waals surface area contributed by atoms with Crippen LogP contribution in [0, 0.1) is 0 Å².